The smallest absolute Gasteiger partial charge is 0.457 e. The quantitative estimate of drug-likeness (QED) is 0.0271. The normalized spacial score (nSPS) is 14.0. The van der Waals surface area contributed by atoms with Gasteiger partial charge in [0.15, 0.2) is 0 Å². The van der Waals surface area contributed by atoms with E-state index in [9.17, 15) is 14.3 Å². The van der Waals surface area contributed by atoms with Crippen LogP contribution in [0.3, 0.4) is 0 Å². The topological polar surface area (TPSA) is 117 Å². The highest BCUT2D eigenvalue weighted by Crippen LogP contribution is 2.43. The van der Waals surface area contributed by atoms with Gasteiger partial charge in [0.2, 0.25) is 0 Å². The number of nitrogens with two attached hydrogens (primary N) is 1. The zero-order chi connectivity index (χ0) is 40.9. The number of carbonyl (C=O) groups is 1. The summed E-state index contributed by atoms with van der Waals surface area (Å²) in [5.74, 6) is -0.342. The van der Waals surface area contributed by atoms with Gasteiger partial charge in [-0.15, -0.1) is 0 Å². The van der Waals surface area contributed by atoms with Crippen LogP contribution in [0.25, 0.3) is 0 Å². The van der Waals surface area contributed by atoms with E-state index in [1.54, 1.807) is 0 Å². The first kappa shape index (κ1) is 54.2. The number of phosphoric ester groups is 1. The van der Waals surface area contributed by atoms with Crippen molar-refractivity contribution in [2.24, 2.45) is 5.73 Å². The van der Waals surface area contributed by atoms with Crippen molar-refractivity contribution in [3.8, 4) is 0 Å². The summed E-state index contributed by atoms with van der Waals surface area (Å²) in [5.41, 5.74) is 5.37. The van der Waals surface area contributed by atoms with Crippen LogP contribution in [0.5, 0.6) is 0 Å². The second-order valence-corrected chi connectivity index (χ2v) is 16.3. The minimum absolute atomic E-state index is 0.0958. The lowest BCUT2D eigenvalue weighted by atomic mass is 10.1. The Hall–Kier alpha value is -1.80. The number of hydrogen-bond acceptors (Lipinski definition) is 7. The van der Waals surface area contributed by atoms with Crippen molar-refractivity contribution in [2.75, 3.05) is 33.0 Å². The van der Waals surface area contributed by atoms with E-state index in [-0.39, 0.29) is 32.3 Å². The van der Waals surface area contributed by atoms with Crippen molar-refractivity contribution in [3.63, 3.8) is 0 Å². The molecule has 0 aromatic rings. The molecule has 0 fully saturated rings. The Morgan fingerprint density at radius 1 is 0.554 bits per heavy atom. The van der Waals surface area contributed by atoms with Gasteiger partial charge < -0.3 is 20.1 Å². The highest BCUT2D eigenvalue weighted by Gasteiger charge is 2.25. The fourth-order valence-corrected chi connectivity index (χ4v) is 6.87. The Kier molecular flexibility index (Phi) is 42.9. The third-order valence-corrected chi connectivity index (χ3v) is 10.4. The molecule has 0 saturated carbocycles. The van der Waals surface area contributed by atoms with Crippen molar-refractivity contribution in [1.29, 1.82) is 0 Å². The molecule has 0 bridgehead atoms. The highest BCUT2D eigenvalue weighted by molar-refractivity contribution is 7.47. The first-order valence-corrected chi connectivity index (χ1v) is 24.3. The lowest BCUT2D eigenvalue weighted by molar-refractivity contribution is -0.154. The number of hydrogen-bond donors (Lipinski definition) is 2. The molecule has 2 atom stereocenters. The molecule has 3 N–H and O–H groups in total. The molecule has 8 nitrogen and oxygen atoms in total. The van der Waals surface area contributed by atoms with Gasteiger partial charge in [-0.1, -0.05) is 171 Å². The first-order chi connectivity index (χ1) is 27.4. The summed E-state index contributed by atoms with van der Waals surface area (Å²) in [5, 5.41) is 0. The van der Waals surface area contributed by atoms with E-state index in [0.29, 0.717) is 13.0 Å². The van der Waals surface area contributed by atoms with Crippen LogP contribution in [0.15, 0.2) is 60.8 Å². The van der Waals surface area contributed by atoms with Gasteiger partial charge in [0.05, 0.1) is 19.8 Å². The molecular weight excluding hydrogens is 721 g/mol. The second kappa shape index (κ2) is 44.3. The zero-order valence-corrected chi connectivity index (χ0v) is 37.0. The molecule has 326 valence electrons. The molecule has 0 aliphatic carbocycles. The Balaban J connectivity index is 4.02. The van der Waals surface area contributed by atoms with E-state index >= 15 is 0 Å². The summed E-state index contributed by atoms with van der Waals surface area (Å²) >= 11 is 0. The molecule has 0 heterocycles. The largest absolute Gasteiger partial charge is 0.472 e. The molecule has 0 radical (unpaired) electrons. The Bertz CT molecular complexity index is 1040. The van der Waals surface area contributed by atoms with Crippen LogP contribution < -0.4 is 5.73 Å². The van der Waals surface area contributed by atoms with Crippen molar-refractivity contribution >= 4 is 13.8 Å². The molecule has 0 spiro atoms. The number of carbonyl (C=O) groups excluding carboxylic acids is 1. The molecule has 0 amide bonds. The van der Waals surface area contributed by atoms with Crippen LogP contribution in [0.1, 0.15) is 194 Å². The molecule has 2 unspecified atom stereocenters. The number of ether oxygens (including phenoxy) is 2. The number of unbranched alkanes of at least 4 members (excludes halogenated alkanes) is 20. The standard InChI is InChI=1S/C47H86NO7P/c1-3-5-7-9-11-13-15-17-19-21-22-23-25-27-29-31-33-35-37-39-42-52-44-46(45-54-56(50,51)53-43-41-48)55-47(49)40-38-36-34-32-30-28-26-24-20-18-16-14-12-10-8-6-4-2/h6,8,11-14,17-20,46H,3-5,7,9-10,15-16,21-45,48H2,1-2H3,(H,50,51)/b8-6-,13-11-,14-12-,19-17-,20-18-. The highest BCUT2D eigenvalue weighted by atomic mass is 31.2. The van der Waals surface area contributed by atoms with E-state index < -0.39 is 13.9 Å². The fourth-order valence-electron chi connectivity index (χ4n) is 6.10. The van der Waals surface area contributed by atoms with Gasteiger partial charge in [0.25, 0.3) is 0 Å². The molecule has 9 heteroatoms. The van der Waals surface area contributed by atoms with Gasteiger partial charge in [0, 0.05) is 19.6 Å². The maximum absolute atomic E-state index is 12.6. The predicted octanol–water partition coefficient (Wildman–Crippen LogP) is 13.8. The van der Waals surface area contributed by atoms with Crippen LogP contribution in [0, 0.1) is 0 Å². The maximum Gasteiger partial charge on any atom is 0.472 e. The van der Waals surface area contributed by atoms with Gasteiger partial charge >= 0.3 is 13.8 Å². The van der Waals surface area contributed by atoms with E-state index in [1.165, 1.54) is 109 Å². The van der Waals surface area contributed by atoms with Crippen LogP contribution in [-0.2, 0) is 27.9 Å². The maximum atomic E-state index is 12.6. The van der Waals surface area contributed by atoms with Gasteiger partial charge in [0.1, 0.15) is 6.10 Å². The molecule has 0 aromatic carbocycles. The van der Waals surface area contributed by atoms with E-state index in [0.717, 1.165) is 64.2 Å². The molecule has 0 aromatic heterocycles. The summed E-state index contributed by atoms with van der Waals surface area (Å²) < 4.78 is 33.5. The van der Waals surface area contributed by atoms with Crippen LogP contribution in [0.2, 0.25) is 0 Å². The summed E-state index contributed by atoms with van der Waals surface area (Å²) in [6, 6.07) is 0. The predicted molar refractivity (Wildman–Crippen MR) is 238 cm³/mol. The third-order valence-electron chi connectivity index (χ3n) is 9.42. The summed E-state index contributed by atoms with van der Waals surface area (Å²) in [6.07, 6.45) is 53.8. The molecule has 0 aliphatic rings. The number of phosphoric acid groups is 1. The first-order valence-electron chi connectivity index (χ1n) is 22.8. The number of allylic oxidation sites excluding steroid dienone is 10. The third kappa shape index (κ3) is 43.3. The Morgan fingerprint density at radius 3 is 1.50 bits per heavy atom. The zero-order valence-electron chi connectivity index (χ0n) is 36.1. The van der Waals surface area contributed by atoms with Crippen LogP contribution in [0.4, 0.5) is 0 Å². The Morgan fingerprint density at radius 2 is 1.00 bits per heavy atom. The van der Waals surface area contributed by atoms with Crippen molar-refractivity contribution in [2.45, 2.75) is 200 Å². The molecule has 0 rings (SSSR count). The van der Waals surface area contributed by atoms with Gasteiger partial charge in [-0.05, 0) is 77.0 Å². The summed E-state index contributed by atoms with van der Waals surface area (Å²) in [7, 11) is -4.28. The van der Waals surface area contributed by atoms with E-state index in [2.05, 4.69) is 74.6 Å². The van der Waals surface area contributed by atoms with Crippen LogP contribution >= 0.6 is 7.82 Å². The fraction of sp³-hybridized carbons (Fsp3) is 0.766. The van der Waals surface area contributed by atoms with Gasteiger partial charge in [-0.2, -0.15) is 0 Å². The van der Waals surface area contributed by atoms with Gasteiger partial charge in [-0.25, -0.2) is 4.57 Å². The lowest BCUT2D eigenvalue weighted by Gasteiger charge is -2.20. The number of esters is 1. The van der Waals surface area contributed by atoms with Crippen molar-refractivity contribution < 1.29 is 32.8 Å². The van der Waals surface area contributed by atoms with E-state index in [1.807, 2.05) is 0 Å². The average Bonchev–Trinajstić information content (AvgIpc) is 3.19. The van der Waals surface area contributed by atoms with Crippen molar-refractivity contribution in [1.82, 2.24) is 0 Å². The second-order valence-electron chi connectivity index (χ2n) is 14.9. The Labute approximate surface area is 344 Å². The van der Waals surface area contributed by atoms with Crippen LogP contribution in [-0.4, -0.2) is 49.9 Å². The molecule has 56 heavy (non-hydrogen) atoms. The molecular formula is C47H86NO7P. The molecule has 0 saturated heterocycles. The summed E-state index contributed by atoms with van der Waals surface area (Å²) in [6.45, 7) is 4.77. The minimum Gasteiger partial charge on any atom is -0.457 e. The lowest BCUT2D eigenvalue weighted by Crippen LogP contribution is -2.28. The average molecular weight is 808 g/mol. The SMILES string of the molecule is CC/C=C\C/C=C\C/C=C\CCCCCCCCCC(=O)OC(COCCCCCCCCCCCC/C=C\C/C=C\CCCCC)COP(=O)(O)OCCN. The summed E-state index contributed by atoms with van der Waals surface area (Å²) in [4.78, 5) is 22.5. The van der Waals surface area contributed by atoms with E-state index in [4.69, 9.17) is 24.3 Å². The number of rotatable bonds is 43. The monoisotopic (exact) mass is 808 g/mol. The minimum atomic E-state index is -4.28. The molecule has 0 aliphatic heterocycles. The van der Waals surface area contributed by atoms with Gasteiger partial charge in [-0.3, -0.25) is 13.8 Å². The van der Waals surface area contributed by atoms with Crippen molar-refractivity contribution in [3.05, 3.63) is 60.8 Å².